The molecule has 0 radical (unpaired) electrons. The van der Waals surface area contributed by atoms with Crippen LogP contribution >= 0.6 is 0 Å². The highest BCUT2D eigenvalue weighted by atomic mass is 16.3. The summed E-state index contributed by atoms with van der Waals surface area (Å²) in [7, 11) is 18.8. The van der Waals surface area contributed by atoms with Crippen LogP contribution in [-0.4, -0.2) is 62.8 Å². The van der Waals surface area contributed by atoms with Gasteiger partial charge in [0.05, 0.1) is 0 Å². The lowest BCUT2D eigenvalue weighted by atomic mass is 9.59. The Kier molecular flexibility index (Phi) is 8.06. The summed E-state index contributed by atoms with van der Waals surface area (Å²) in [5.41, 5.74) is 26.0. The maximum Gasteiger partial charge on any atom is 0.139 e. The minimum Gasteiger partial charge on any atom is -0.456 e. The van der Waals surface area contributed by atoms with E-state index in [1.54, 1.807) is 0 Å². The third-order valence-electron chi connectivity index (χ3n) is 15.1. The molecule has 11 rings (SSSR count). The third kappa shape index (κ3) is 4.99. The number of hydrogen-bond donors (Lipinski definition) is 0. The molecule has 9 aromatic carbocycles. The van der Waals surface area contributed by atoms with Gasteiger partial charge in [0.25, 0.3) is 0 Å². The van der Waals surface area contributed by atoms with Gasteiger partial charge in [-0.1, -0.05) is 133 Å². The molecule has 1 aromatic heterocycles. The highest BCUT2D eigenvalue weighted by Crippen LogP contribution is 2.54. The molecule has 0 saturated carbocycles. The van der Waals surface area contributed by atoms with Crippen LogP contribution in [0.5, 0.6) is 0 Å². The summed E-state index contributed by atoms with van der Waals surface area (Å²) < 4.78 is 6.38. The van der Waals surface area contributed by atoms with E-state index in [1.165, 1.54) is 132 Å². The zero-order chi connectivity index (χ0) is 41.5. The summed E-state index contributed by atoms with van der Waals surface area (Å²) in [4.78, 5) is 0. The maximum atomic E-state index is 6.38. The fraction of sp³-hybridized carbons (Fsp3) is 0.0588. The van der Waals surface area contributed by atoms with Crippen molar-refractivity contribution in [3.63, 3.8) is 0 Å². The van der Waals surface area contributed by atoms with Crippen LogP contribution in [-0.2, 0) is 5.41 Å². The van der Waals surface area contributed by atoms with Gasteiger partial charge in [-0.25, -0.2) is 0 Å². The Balaban J connectivity index is 1.21. The molecule has 0 aliphatic heterocycles. The predicted molar refractivity (Wildman–Crippen MR) is 286 cm³/mol. The highest BCUT2D eigenvalue weighted by molar-refractivity contribution is 6.71. The molecule has 0 spiro atoms. The van der Waals surface area contributed by atoms with E-state index in [4.69, 9.17) is 4.42 Å². The van der Waals surface area contributed by atoms with Crippen molar-refractivity contribution < 1.29 is 4.42 Å². The van der Waals surface area contributed by atoms with Crippen LogP contribution in [0.3, 0.4) is 0 Å². The van der Waals surface area contributed by atoms with Gasteiger partial charge < -0.3 is 4.42 Å². The van der Waals surface area contributed by atoms with Gasteiger partial charge >= 0.3 is 0 Å². The molecule has 10 aromatic rings. The van der Waals surface area contributed by atoms with E-state index in [9.17, 15) is 0 Å². The van der Waals surface area contributed by atoms with Gasteiger partial charge in [-0.2, -0.15) is 0 Å². The predicted octanol–water partition coefficient (Wildman–Crippen LogP) is 0.420. The summed E-state index contributed by atoms with van der Waals surface area (Å²) >= 11 is 0. The molecule has 0 N–H and O–H groups in total. The smallest absolute Gasteiger partial charge is 0.139 e. The fourth-order valence-corrected chi connectivity index (χ4v) is 11.1. The molecule has 0 fully saturated rings. The monoisotopic (exact) mass is 758 g/mol. The van der Waals surface area contributed by atoms with E-state index in [-0.39, 0.29) is 5.41 Å². The van der Waals surface area contributed by atoms with Crippen LogP contribution in [0.25, 0.3) is 98.8 Å². The third-order valence-corrected chi connectivity index (χ3v) is 15.1. The molecular formula is C51H42B8O. The second kappa shape index (κ2) is 13.0. The van der Waals surface area contributed by atoms with E-state index in [0.29, 0.717) is 0 Å². The molecule has 1 heterocycles. The summed E-state index contributed by atoms with van der Waals surface area (Å²) in [6.07, 6.45) is 0. The molecule has 0 bridgehead atoms. The maximum absolute atomic E-state index is 6.38. The molecule has 1 nitrogen and oxygen atoms in total. The number of hydrogen-bond acceptors (Lipinski definition) is 1. The Morgan fingerprint density at radius 2 is 0.850 bits per heavy atom. The lowest BCUT2D eigenvalue weighted by Crippen LogP contribution is -2.50. The summed E-state index contributed by atoms with van der Waals surface area (Å²) in [5, 5.41) is 10.2. The van der Waals surface area contributed by atoms with Crippen LogP contribution in [0.1, 0.15) is 25.0 Å². The minimum absolute atomic E-state index is 0.0895. The van der Waals surface area contributed by atoms with Crippen LogP contribution in [0.15, 0.2) is 126 Å². The second-order valence-electron chi connectivity index (χ2n) is 18.2. The van der Waals surface area contributed by atoms with E-state index < -0.39 is 0 Å². The molecule has 1 aliphatic carbocycles. The topological polar surface area (TPSA) is 13.1 Å². The first-order valence-corrected chi connectivity index (χ1v) is 21.5. The van der Waals surface area contributed by atoms with Crippen molar-refractivity contribution in [3.05, 3.63) is 132 Å². The minimum atomic E-state index is -0.0895. The van der Waals surface area contributed by atoms with Crippen LogP contribution < -0.4 is 43.7 Å². The molecule has 60 heavy (non-hydrogen) atoms. The van der Waals surface area contributed by atoms with Crippen molar-refractivity contribution in [1.29, 1.82) is 0 Å². The number of fused-ring (bicyclic) bond motifs is 9. The zero-order valence-corrected chi connectivity index (χ0v) is 36.5. The number of benzene rings is 9. The van der Waals surface area contributed by atoms with Gasteiger partial charge in [0.15, 0.2) is 0 Å². The van der Waals surface area contributed by atoms with E-state index in [0.717, 1.165) is 21.9 Å². The largest absolute Gasteiger partial charge is 0.456 e. The molecular weight excluding hydrogens is 715 g/mol. The lowest BCUT2D eigenvalue weighted by Gasteiger charge is -2.29. The van der Waals surface area contributed by atoms with Crippen LogP contribution in [0.4, 0.5) is 0 Å². The Morgan fingerprint density at radius 3 is 1.48 bits per heavy atom. The fourth-order valence-electron chi connectivity index (χ4n) is 11.1. The van der Waals surface area contributed by atoms with Crippen molar-refractivity contribution in [2.45, 2.75) is 19.3 Å². The van der Waals surface area contributed by atoms with Crippen LogP contribution in [0, 0.1) is 0 Å². The molecule has 1 aliphatic rings. The van der Waals surface area contributed by atoms with Gasteiger partial charge in [0, 0.05) is 16.2 Å². The normalized spacial score (nSPS) is 13.2. The van der Waals surface area contributed by atoms with E-state index >= 15 is 0 Å². The average molecular weight is 757 g/mol. The Bertz CT molecular complexity index is 3470. The molecule has 9 heteroatoms. The van der Waals surface area contributed by atoms with Crippen molar-refractivity contribution in [1.82, 2.24) is 0 Å². The first-order chi connectivity index (χ1) is 28.9. The first-order valence-electron chi connectivity index (χ1n) is 21.5. The zero-order valence-electron chi connectivity index (χ0n) is 36.5. The van der Waals surface area contributed by atoms with Crippen molar-refractivity contribution in [2.24, 2.45) is 0 Å². The first kappa shape index (κ1) is 37.1. The van der Waals surface area contributed by atoms with Gasteiger partial charge in [-0.15, -0.1) is 21.9 Å². The lowest BCUT2D eigenvalue weighted by molar-refractivity contribution is 0.660. The SMILES string of the molecule is Bc1c(B)c(B)c2c(-c3cccc4c3-c3ccccc3C4(C)C)c3c(B)c(B)c(B)c(B)c3c(-c3ccc(-c4ccc5oc6cc7ccccc7cc6c5c4)cc3)c2c1B. The standard InChI is InChI=1S/C51H42B8O/c1-51(2)32-12-6-5-10-28(32)37-29(11-7-13-33(37)51)38-41-39(43(52)47(56)49(58)45(41)54)36(40-42(38)46(55)50(59)48(57)44(40)53)24-16-14-23(15-17-24)27-18-19-34-30(21-27)31-20-25-8-3-4-9-26(25)22-35(31)60-34/h3-22H,52-59H2,1-2H3. The quantitative estimate of drug-likeness (QED) is 0.189. The Hall–Kier alpha value is -5.92. The highest BCUT2D eigenvalue weighted by Gasteiger charge is 2.37. The molecule has 0 atom stereocenters. The molecule has 0 amide bonds. The van der Waals surface area contributed by atoms with Gasteiger partial charge in [-0.05, 0) is 112 Å². The summed E-state index contributed by atoms with van der Waals surface area (Å²) in [6.45, 7) is 4.79. The molecule has 276 valence electrons. The van der Waals surface area contributed by atoms with E-state index in [2.05, 4.69) is 198 Å². The molecule has 0 unspecified atom stereocenters. The Morgan fingerprint density at radius 1 is 0.367 bits per heavy atom. The van der Waals surface area contributed by atoms with Gasteiger partial charge in [0.1, 0.15) is 73.9 Å². The summed E-state index contributed by atoms with van der Waals surface area (Å²) in [5.74, 6) is 0. The number of furan rings is 1. The summed E-state index contributed by atoms with van der Waals surface area (Å²) in [6, 6.07) is 45.2. The second-order valence-corrected chi connectivity index (χ2v) is 18.2. The van der Waals surface area contributed by atoms with Gasteiger partial charge in [0.2, 0.25) is 0 Å². The van der Waals surface area contributed by atoms with Crippen molar-refractivity contribution in [2.75, 3.05) is 0 Å². The van der Waals surface area contributed by atoms with Gasteiger partial charge in [-0.3, -0.25) is 0 Å². The van der Waals surface area contributed by atoms with Crippen LogP contribution in [0.2, 0.25) is 0 Å². The van der Waals surface area contributed by atoms with E-state index in [1.807, 2.05) is 0 Å². The van der Waals surface area contributed by atoms with Crippen molar-refractivity contribution in [3.8, 4) is 44.5 Å². The van der Waals surface area contributed by atoms with Crippen molar-refractivity contribution >= 4 is 161 Å². The Labute approximate surface area is 359 Å². The number of rotatable bonds is 3. The molecule has 0 saturated heterocycles. The average Bonchev–Trinajstić information content (AvgIpc) is 3.74.